The molecule has 10 rings (SSSR count). The number of amides is 4. The van der Waals surface area contributed by atoms with Crippen LogP contribution in [0.25, 0.3) is 12.2 Å². The number of carbonyl (C=O) groups excluding carboxylic acids is 4. The summed E-state index contributed by atoms with van der Waals surface area (Å²) in [5, 5.41) is 11.4. The summed E-state index contributed by atoms with van der Waals surface area (Å²) in [5.74, 6) is 0.966. The van der Waals surface area contributed by atoms with Gasteiger partial charge in [-0.1, -0.05) is 72.8 Å². The Kier molecular flexibility index (Phi) is 13.7. The quantitative estimate of drug-likeness (QED) is 0.132. The molecule has 62 heavy (non-hydrogen) atoms. The molecule has 6 aromatic carbocycles. The molecule has 0 saturated carbocycles. The first kappa shape index (κ1) is 42.0. The Morgan fingerprint density at radius 1 is 0.516 bits per heavy atom. The van der Waals surface area contributed by atoms with Crippen LogP contribution >= 0.6 is 0 Å². The van der Waals surface area contributed by atoms with Gasteiger partial charge < -0.3 is 40.2 Å². The highest BCUT2D eigenvalue weighted by molar-refractivity contribution is 6.06. The highest BCUT2D eigenvalue weighted by Gasteiger charge is 2.18. The van der Waals surface area contributed by atoms with E-state index in [0.717, 1.165) is 11.1 Å². The van der Waals surface area contributed by atoms with Crippen molar-refractivity contribution in [3.8, 4) is 34.5 Å². The van der Waals surface area contributed by atoms with Gasteiger partial charge in [0.25, 0.3) is 23.6 Å². The lowest BCUT2D eigenvalue weighted by atomic mass is 10.1. The van der Waals surface area contributed by atoms with E-state index in [9.17, 15) is 19.2 Å². The fraction of sp³-hybridized carbons (Fsp3) is 0.120. The van der Waals surface area contributed by atoms with Crippen molar-refractivity contribution in [2.45, 2.75) is 12.8 Å². The fourth-order valence-electron chi connectivity index (χ4n) is 6.48. The minimum absolute atomic E-state index is 0.0263. The Hall–Kier alpha value is -8.12. The van der Waals surface area contributed by atoms with Crippen molar-refractivity contribution < 1.29 is 38.1 Å². The summed E-state index contributed by atoms with van der Waals surface area (Å²) in [5.41, 5.74) is 3.84. The molecule has 312 valence electrons. The zero-order valence-corrected chi connectivity index (χ0v) is 34.1. The van der Waals surface area contributed by atoms with E-state index in [1.807, 2.05) is 36.4 Å². The first-order chi connectivity index (χ1) is 30.2. The maximum atomic E-state index is 13.7. The van der Waals surface area contributed by atoms with Crippen molar-refractivity contribution in [3.05, 3.63) is 190 Å². The van der Waals surface area contributed by atoms with Gasteiger partial charge in [0.15, 0.2) is 23.0 Å². The van der Waals surface area contributed by atoms with E-state index < -0.39 is 23.6 Å². The molecule has 12 nitrogen and oxygen atoms in total. The van der Waals surface area contributed by atoms with Crippen molar-refractivity contribution in [1.82, 2.24) is 21.3 Å². The van der Waals surface area contributed by atoms with Crippen LogP contribution in [0.4, 0.5) is 0 Å². The summed E-state index contributed by atoms with van der Waals surface area (Å²) >= 11 is 0. The van der Waals surface area contributed by atoms with E-state index in [-0.39, 0.29) is 24.5 Å². The molecular formula is C50H44N4O8. The van der Waals surface area contributed by atoms with Crippen LogP contribution in [0.5, 0.6) is 34.5 Å². The van der Waals surface area contributed by atoms with Crippen molar-refractivity contribution in [2.75, 3.05) is 27.3 Å². The number of hydrogen-bond donors (Lipinski definition) is 4. The third-order valence-corrected chi connectivity index (χ3v) is 9.75. The lowest BCUT2D eigenvalue weighted by Gasteiger charge is -2.15. The number of methoxy groups -OCH3 is 2. The van der Waals surface area contributed by atoms with Gasteiger partial charge in [-0.15, -0.1) is 0 Å². The molecule has 0 radical (unpaired) electrons. The summed E-state index contributed by atoms with van der Waals surface area (Å²) in [7, 11) is 3.08. The predicted molar refractivity (Wildman–Crippen MR) is 236 cm³/mol. The zero-order valence-electron chi connectivity index (χ0n) is 34.1. The van der Waals surface area contributed by atoms with Crippen LogP contribution in [0, 0.1) is 0 Å². The smallest absolute Gasteiger partial charge is 0.267 e. The second-order valence-electron chi connectivity index (χ2n) is 14.1. The highest BCUT2D eigenvalue weighted by Crippen LogP contribution is 2.34. The Labute approximate surface area is 359 Å². The van der Waals surface area contributed by atoms with E-state index in [2.05, 4.69) is 21.3 Å². The lowest BCUT2D eigenvalue weighted by Crippen LogP contribution is -2.35. The summed E-state index contributed by atoms with van der Waals surface area (Å²) in [6.07, 6.45) is 4.11. The minimum atomic E-state index is -0.482. The normalized spacial score (nSPS) is 15.0. The molecule has 0 saturated heterocycles. The number of nitrogens with one attached hydrogen (secondary N) is 4. The molecule has 0 aromatic heterocycles. The molecule has 0 atom stereocenters. The molecule has 8 bridgehead atoms. The van der Waals surface area contributed by atoms with Gasteiger partial charge in [-0.25, -0.2) is 0 Å². The van der Waals surface area contributed by atoms with Crippen LogP contribution in [-0.4, -0.2) is 50.9 Å². The molecule has 6 aromatic rings. The Bertz CT molecular complexity index is 2610. The zero-order chi connectivity index (χ0) is 43.3. The van der Waals surface area contributed by atoms with E-state index in [1.165, 1.54) is 7.11 Å². The van der Waals surface area contributed by atoms with Crippen LogP contribution in [-0.2, 0) is 22.4 Å². The summed E-state index contributed by atoms with van der Waals surface area (Å²) in [4.78, 5) is 54.0. The minimum Gasteiger partial charge on any atom is -0.493 e. The molecular weight excluding hydrogens is 785 g/mol. The monoisotopic (exact) mass is 828 g/mol. The van der Waals surface area contributed by atoms with Crippen LogP contribution in [0.3, 0.4) is 0 Å². The van der Waals surface area contributed by atoms with Crippen LogP contribution in [0.2, 0.25) is 0 Å². The maximum Gasteiger partial charge on any atom is 0.267 e. The van der Waals surface area contributed by atoms with Gasteiger partial charge in [-0.3, -0.25) is 19.2 Å². The molecule has 4 N–H and O–H groups in total. The Morgan fingerprint density at radius 3 is 1.48 bits per heavy atom. The number of carbonyl (C=O) groups is 4. The fourth-order valence-corrected chi connectivity index (χ4v) is 6.48. The van der Waals surface area contributed by atoms with Gasteiger partial charge in [0.05, 0.1) is 14.2 Å². The van der Waals surface area contributed by atoms with E-state index in [1.54, 1.807) is 128 Å². The standard InChI is InChI=1S/C50H44N4O8/c1-59-43-23-17-35-26-28-52-49(57)41(53-47(55)37-9-5-3-6-10-37)29-34-15-21-40(22-16-34)62-46-32-36(18-24-44(46)60-2)30-42(54-48(56)38-11-7-4-8-12-38)50(58)51-27-25-33-13-19-39(20-14-33)61-45(43)31-35/h3-24,29-32H,25-28H2,1-2H3,(H,51,58)(H,52,57)(H,53,55)(H,54,56)/b41-29-,42-30-. The number of rotatable bonds is 6. The largest absolute Gasteiger partial charge is 0.493 e. The molecule has 0 spiro atoms. The topological polar surface area (TPSA) is 153 Å². The van der Waals surface area contributed by atoms with Gasteiger partial charge in [0.2, 0.25) is 0 Å². The van der Waals surface area contributed by atoms with Crippen LogP contribution in [0.1, 0.15) is 43.0 Å². The number of ether oxygens (including phenoxy) is 4. The van der Waals surface area contributed by atoms with Crippen LogP contribution < -0.4 is 40.2 Å². The van der Waals surface area contributed by atoms with Crippen LogP contribution in [0.15, 0.2) is 157 Å². The van der Waals surface area contributed by atoms with Crippen molar-refractivity contribution in [3.63, 3.8) is 0 Å². The van der Waals surface area contributed by atoms with E-state index in [4.69, 9.17) is 18.9 Å². The van der Waals surface area contributed by atoms with E-state index >= 15 is 0 Å². The summed E-state index contributed by atoms with van der Waals surface area (Å²) in [6.45, 7) is 0.547. The third kappa shape index (κ3) is 11.1. The molecule has 0 aliphatic carbocycles. The molecule has 0 fully saturated rings. The lowest BCUT2D eigenvalue weighted by molar-refractivity contribution is -0.118. The molecule has 4 aliphatic heterocycles. The van der Waals surface area contributed by atoms with Gasteiger partial charge in [-0.05, 0) is 120 Å². The molecule has 4 aliphatic rings. The SMILES string of the molecule is COc1ccc2cc1Oc1ccc(cc1)/C=C(\NC(=O)c1ccccc1)C(=O)NCCc1ccc(OC)c(c1)Oc1ccc(cc1)CCNC(=O)/C(NC(=O)c1ccccc1)=C/2. The van der Waals surface area contributed by atoms with Crippen molar-refractivity contribution in [2.24, 2.45) is 0 Å². The number of hydrogen-bond acceptors (Lipinski definition) is 8. The van der Waals surface area contributed by atoms with E-state index in [0.29, 0.717) is 69.6 Å². The summed E-state index contributed by atoms with van der Waals surface area (Å²) in [6, 6.07) is 42.3. The Morgan fingerprint density at radius 2 is 0.952 bits per heavy atom. The molecule has 4 amide bonds. The van der Waals surface area contributed by atoms with Gasteiger partial charge >= 0.3 is 0 Å². The second-order valence-corrected chi connectivity index (χ2v) is 14.1. The first-order valence-electron chi connectivity index (χ1n) is 19.9. The predicted octanol–water partition coefficient (Wildman–Crippen LogP) is 7.86. The van der Waals surface area contributed by atoms with Gasteiger partial charge in [0, 0.05) is 24.2 Å². The average Bonchev–Trinajstić information content (AvgIpc) is 3.30. The number of benzene rings is 6. The highest BCUT2D eigenvalue weighted by atomic mass is 16.5. The second kappa shape index (κ2) is 20.2. The summed E-state index contributed by atoms with van der Waals surface area (Å²) < 4.78 is 23.7. The third-order valence-electron chi connectivity index (χ3n) is 9.75. The molecule has 0 unspecified atom stereocenters. The van der Waals surface area contributed by atoms with Crippen molar-refractivity contribution >= 4 is 35.8 Å². The maximum absolute atomic E-state index is 13.7. The first-order valence-corrected chi connectivity index (χ1v) is 19.9. The average molecular weight is 829 g/mol. The molecule has 12 heteroatoms. The van der Waals surface area contributed by atoms with Crippen molar-refractivity contribution in [1.29, 1.82) is 0 Å². The van der Waals surface area contributed by atoms with Gasteiger partial charge in [0.1, 0.15) is 22.9 Å². The Balaban J connectivity index is 1.22. The molecule has 4 heterocycles. The van der Waals surface area contributed by atoms with Gasteiger partial charge in [-0.2, -0.15) is 0 Å².